The first-order valence-corrected chi connectivity index (χ1v) is 6.85. The van der Waals surface area contributed by atoms with E-state index in [1.807, 2.05) is 0 Å². The fourth-order valence-corrected chi connectivity index (χ4v) is 3.59. The minimum atomic E-state index is -0.524. The van der Waals surface area contributed by atoms with Gasteiger partial charge in [0.25, 0.3) is 0 Å². The highest BCUT2D eigenvalue weighted by Crippen LogP contribution is 2.57. The van der Waals surface area contributed by atoms with Gasteiger partial charge in [-0.1, -0.05) is 12.2 Å². The van der Waals surface area contributed by atoms with Crippen LogP contribution >= 0.6 is 0 Å². The van der Waals surface area contributed by atoms with Crippen LogP contribution in [0.1, 0.15) is 45.3 Å². The molecular formula is C16H18O5. The summed E-state index contributed by atoms with van der Waals surface area (Å²) in [6.45, 7) is -0.232. The predicted molar refractivity (Wildman–Crippen MR) is 76.0 cm³/mol. The molecule has 0 aromatic heterocycles. The molecular weight excluding hydrogens is 272 g/mol. The Kier molecular flexibility index (Phi) is 3.37. The lowest BCUT2D eigenvalue weighted by atomic mass is 9.87. The molecule has 0 amide bonds. The number of methoxy groups -OCH3 is 3. The van der Waals surface area contributed by atoms with Gasteiger partial charge in [0.1, 0.15) is 5.56 Å². The Hall–Kier alpha value is -2.01. The van der Waals surface area contributed by atoms with Gasteiger partial charge >= 0.3 is 5.97 Å². The minimum Gasteiger partial charge on any atom is -0.493 e. The van der Waals surface area contributed by atoms with Crippen LogP contribution < -0.4 is 9.47 Å². The van der Waals surface area contributed by atoms with E-state index in [1.165, 1.54) is 14.2 Å². The number of hydrogen-bond donors (Lipinski definition) is 1. The van der Waals surface area contributed by atoms with Gasteiger partial charge in [0.05, 0.1) is 27.9 Å². The zero-order valence-electron chi connectivity index (χ0n) is 12.3. The molecule has 5 heteroatoms. The molecule has 3 rings (SSSR count). The largest absolute Gasteiger partial charge is 0.493 e. The lowest BCUT2D eigenvalue weighted by Crippen LogP contribution is -2.14. The minimum absolute atomic E-state index is 0.218. The Morgan fingerprint density at radius 3 is 2.29 bits per heavy atom. The van der Waals surface area contributed by atoms with Crippen LogP contribution in [-0.4, -0.2) is 32.4 Å². The Morgan fingerprint density at radius 2 is 1.76 bits per heavy atom. The van der Waals surface area contributed by atoms with Crippen molar-refractivity contribution < 1.29 is 24.1 Å². The molecule has 1 N–H and O–H groups in total. The number of aliphatic hydroxyl groups excluding tert-OH is 1. The first-order chi connectivity index (χ1) is 10.2. The fourth-order valence-electron chi connectivity index (χ4n) is 3.59. The molecule has 2 bridgehead atoms. The highest BCUT2D eigenvalue weighted by atomic mass is 16.5. The number of allylic oxidation sites excluding steroid dienone is 2. The fraction of sp³-hybridized carbons (Fsp3) is 0.438. The van der Waals surface area contributed by atoms with Gasteiger partial charge in [0.2, 0.25) is 0 Å². The number of rotatable bonds is 4. The second-order valence-electron chi connectivity index (χ2n) is 5.23. The Labute approximate surface area is 123 Å². The molecule has 5 nitrogen and oxygen atoms in total. The maximum Gasteiger partial charge on any atom is 0.342 e. The van der Waals surface area contributed by atoms with E-state index in [0.29, 0.717) is 17.1 Å². The number of carbonyl (C=O) groups excluding carboxylic acids is 1. The summed E-state index contributed by atoms with van der Waals surface area (Å²) in [5.41, 5.74) is 2.87. The number of fused-ring (bicyclic) bond motifs is 5. The van der Waals surface area contributed by atoms with Crippen LogP contribution in [0.2, 0.25) is 0 Å². The SMILES string of the molecule is COC(=O)c1c(CO)c2c(c(OC)c1OC)C1C=CC2C1. The quantitative estimate of drug-likeness (QED) is 0.679. The molecule has 1 aromatic rings. The highest BCUT2D eigenvalue weighted by Gasteiger charge is 2.41. The molecule has 0 fully saturated rings. The smallest absolute Gasteiger partial charge is 0.342 e. The van der Waals surface area contributed by atoms with Crippen molar-refractivity contribution in [1.82, 2.24) is 0 Å². The summed E-state index contributed by atoms with van der Waals surface area (Å²) in [4.78, 5) is 12.2. The standard InChI is InChI=1S/C16H18O5/c1-19-14-12-9-5-4-8(6-9)11(12)10(7-17)13(15(14)20-2)16(18)21-3/h4-5,8-9,17H,6-7H2,1-3H3. The molecule has 0 aliphatic heterocycles. The summed E-state index contributed by atoms with van der Waals surface area (Å²) in [5, 5.41) is 9.81. The zero-order valence-corrected chi connectivity index (χ0v) is 12.3. The highest BCUT2D eigenvalue weighted by molar-refractivity contribution is 5.97. The third-order valence-corrected chi connectivity index (χ3v) is 4.38. The van der Waals surface area contributed by atoms with Crippen molar-refractivity contribution in [3.8, 4) is 11.5 Å². The molecule has 2 aliphatic carbocycles. The van der Waals surface area contributed by atoms with E-state index >= 15 is 0 Å². The van der Waals surface area contributed by atoms with E-state index in [4.69, 9.17) is 14.2 Å². The number of benzene rings is 1. The molecule has 112 valence electrons. The molecule has 2 aliphatic rings. The summed E-state index contributed by atoms with van der Waals surface area (Å²) >= 11 is 0. The summed E-state index contributed by atoms with van der Waals surface area (Å²) in [6.07, 6.45) is 5.22. The lowest BCUT2D eigenvalue weighted by molar-refractivity contribution is 0.0592. The summed E-state index contributed by atoms with van der Waals surface area (Å²) in [6, 6.07) is 0. The van der Waals surface area contributed by atoms with Gasteiger partial charge in [-0.15, -0.1) is 0 Å². The van der Waals surface area contributed by atoms with E-state index in [0.717, 1.165) is 17.5 Å². The summed E-state index contributed by atoms with van der Waals surface area (Å²) in [5.74, 6) is 0.861. The van der Waals surface area contributed by atoms with E-state index in [-0.39, 0.29) is 24.0 Å². The maximum atomic E-state index is 12.2. The first kappa shape index (κ1) is 13.9. The van der Waals surface area contributed by atoms with Gasteiger partial charge in [-0.25, -0.2) is 4.79 Å². The molecule has 0 saturated carbocycles. The topological polar surface area (TPSA) is 65.0 Å². The van der Waals surface area contributed by atoms with Gasteiger partial charge in [-0.3, -0.25) is 0 Å². The Morgan fingerprint density at radius 1 is 1.14 bits per heavy atom. The van der Waals surface area contributed by atoms with Crippen molar-refractivity contribution in [2.24, 2.45) is 0 Å². The Balaban J connectivity index is 2.37. The summed E-state index contributed by atoms with van der Waals surface area (Å²) in [7, 11) is 4.36. The van der Waals surface area contributed by atoms with Crippen molar-refractivity contribution in [2.75, 3.05) is 21.3 Å². The van der Waals surface area contributed by atoms with Gasteiger partial charge in [0.15, 0.2) is 11.5 Å². The van der Waals surface area contributed by atoms with E-state index in [1.54, 1.807) is 7.11 Å². The number of hydrogen-bond acceptors (Lipinski definition) is 5. The van der Waals surface area contributed by atoms with Crippen LogP contribution in [0.3, 0.4) is 0 Å². The van der Waals surface area contributed by atoms with Gasteiger partial charge in [-0.05, 0) is 12.0 Å². The molecule has 1 aromatic carbocycles. The molecule has 0 spiro atoms. The van der Waals surface area contributed by atoms with Gasteiger partial charge < -0.3 is 19.3 Å². The van der Waals surface area contributed by atoms with Crippen LogP contribution in [0, 0.1) is 0 Å². The van der Waals surface area contributed by atoms with E-state index in [9.17, 15) is 9.90 Å². The second kappa shape index (κ2) is 5.07. The molecule has 2 atom stereocenters. The number of esters is 1. The average molecular weight is 290 g/mol. The summed E-state index contributed by atoms with van der Waals surface area (Å²) < 4.78 is 15.8. The molecule has 2 unspecified atom stereocenters. The van der Waals surface area contributed by atoms with Crippen molar-refractivity contribution >= 4 is 5.97 Å². The van der Waals surface area contributed by atoms with Crippen molar-refractivity contribution in [3.63, 3.8) is 0 Å². The first-order valence-electron chi connectivity index (χ1n) is 6.85. The Bertz CT molecular complexity index is 632. The number of aliphatic hydroxyl groups is 1. The second-order valence-corrected chi connectivity index (χ2v) is 5.23. The normalized spacial score (nSPS) is 21.3. The molecule has 0 heterocycles. The molecule has 0 saturated heterocycles. The van der Waals surface area contributed by atoms with Crippen molar-refractivity contribution in [1.29, 1.82) is 0 Å². The van der Waals surface area contributed by atoms with Crippen LogP contribution in [0.15, 0.2) is 12.2 Å². The third kappa shape index (κ3) is 1.77. The number of ether oxygens (including phenoxy) is 3. The molecule has 0 radical (unpaired) electrons. The lowest BCUT2D eigenvalue weighted by Gasteiger charge is -2.23. The zero-order chi connectivity index (χ0) is 15.1. The van der Waals surface area contributed by atoms with Crippen molar-refractivity contribution in [2.45, 2.75) is 24.9 Å². The van der Waals surface area contributed by atoms with Crippen LogP contribution in [0.4, 0.5) is 0 Å². The van der Waals surface area contributed by atoms with Crippen LogP contribution in [-0.2, 0) is 11.3 Å². The predicted octanol–water partition coefficient (Wildman–Crippen LogP) is 2.12. The average Bonchev–Trinajstić information content (AvgIpc) is 3.13. The molecule has 21 heavy (non-hydrogen) atoms. The van der Waals surface area contributed by atoms with Crippen LogP contribution in [0.5, 0.6) is 11.5 Å². The van der Waals surface area contributed by atoms with Crippen molar-refractivity contribution in [3.05, 3.63) is 34.4 Å². The van der Waals surface area contributed by atoms with E-state index in [2.05, 4.69) is 12.2 Å². The maximum absolute atomic E-state index is 12.2. The van der Waals surface area contributed by atoms with Gasteiger partial charge in [0, 0.05) is 23.0 Å². The number of carbonyl (C=O) groups is 1. The van der Waals surface area contributed by atoms with Crippen LogP contribution in [0.25, 0.3) is 0 Å². The van der Waals surface area contributed by atoms with Gasteiger partial charge in [-0.2, -0.15) is 0 Å². The monoisotopic (exact) mass is 290 g/mol. The van der Waals surface area contributed by atoms with E-state index < -0.39 is 5.97 Å². The third-order valence-electron chi connectivity index (χ3n) is 4.38.